The standard InChI is InChI=1S/C14H21N3O3/c1-4-17(11(2)8-13(18)19)14(20)16(3)10-12-6-5-7-15-9-12/h5-7,9,11H,4,8,10H2,1-3H3,(H,18,19). The molecule has 0 aliphatic rings. The largest absolute Gasteiger partial charge is 0.481 e. The predicted molar refractivity (Wildman–Crippen MR) is 75.2 cm³/mol. The minimum atomic E-state index is -0.904. The van der Waals surface area contributed by atoms with Crippen LogP contribution in [0.1, 0.15) is 25.8 Å². The van der Waals surface area contributed by atoms with E-state index in [0.717, 1.165) is 5.56 Å². The molecule has 0 aliphatic carbocycles. The van der Waals surface area contributed by atoms with Gasteiger partial charge in [0.1, 0.15) is 0 Å². The number of aromatic nitrogens is 1. The second-order valence-corrected chi connectivity index (χ2v) is 4.73. The Balaban J connectivity index is 2.68. The number of aliphatic carboxylic acids is 1. The van der Waals surface area contributed by atoms with Gasteiger partial charge in [0, 0.05) is 38.6 Å². The molecule has 20 heavy (non-hydrogen) atoms. The Morgan fingerprint density at radius 2 is 2.15 bits per heavy atom. The molecule has 0 saturated carbocycles. The minimum absolute atomic E-state index is 0.0552. The van der Waals surface area contributed by atoms with Crippen LogP contribution in [-0.4, -0.2) is 51.5 Å². The van der Waals surface area contributed by atoms with Crippen LogP contribution in [0.15, 0.2) is 24.5 Å². The van der Waals surface area contributed by atoms with Gasteiger partial charge >= 0.3 is 12.0 Å². The number of amides is 2. The lowest BCUT2D eigenvalue weighted by Gasteiger charge is -2.31. The number of carbonyl (C=O) groups is 2. The zero-order chi connectivity index (χ0) is 15.1. The van der Waals surface area contributed by atoms with Crippen LogP contribution in [0.25, 0.3) is 0 Å². The van der Waals surface area contributed by atoms with Gasteiger partial charge in [0.2, 0.25) is 0 Å². The van der Waals surface area contributed by atoms with E-state index in [1.54, 1.807) is 36.2 Å². The zero-order valence-corrected chi connectivity index (χ0v) is 12.1. The lowest BCUT2D eigenvalue weighted by molar-refractivity contribution is -0.138. The highest BCUT2D eigenvalue weighted by molar-refractivity contribution is 5.75. The van der Waals surface area contributed by atoms with E-state index in [2.05, 4.69) is 4.98 Å². The monoisotopic (exact) mass is 279 g/mol. The molecule has 2 amide bonds. The number of pyridine rings is 1. The molecule has 1 N–H and O–H groups in total. The van der Waals surface area contributed by atoms with Gasteiger partial charge in [-0.1, -0.05) is 6.07 Å². The van der Waals surface area contributed by atoms with Crippen LogP contribution in [0, 0.1) is 0 Å². The van der Waals surface area contributed by atoms with Crippen molar-refractivity contribution < 1.29 is 14.7 Å². The highest BCUT2D eigenvalue weighted by atomic mass is 16.4. The van der Waals surface area contributed by atoms with Crippen LogP contribution in [0.4, 0.5) is 4.79 Å². The van der Waals surface area contributed by atoms with Crippen molar-refractivity contribution in [1.29, 1.82) is 0 Å². The number of carboxylic acids is 1. The summed E-state index contributed by atoms with van der Waals surface area (Å²) in [5.74, 6) is -0.904. The smallest absolute Gasteiger partial charge is 0.320 e. The molecule has 1 aromatic rings. The van der Waals surface area contributed by atoms with E-state index < -0.39 is 5.97 Å². The van der Waals surface area contributed by atoms with Crippen molar-refractivity contribution in [3.05, 3.63) is 30.1 Å². The summed E-state index contributed by atoms with van der Waals surface area (Å²) in [5.41, 5.74) is 0.935. The zero-order valence-electron chi connectivity index (χ0n) is 12.1. The van der Waals surface area contributed by atoms with Gasteiger partial charge in [-0.05, 0) is 25.5 Å². The molecule has 6 nitrogen and oxygen atoms in total. The topological polar surface area (TPSA) is 73.7 Å². The van der Waals surface area contributed by atoms with Crippen LogP contribution >= 0.6 is 0 Å². The van der Waals surface area contributed by atoms with Crippen LogP contribution in [0.2, 0.25) is 0 Å². The molecule has 1 heterocycles. The van der Waals surface area contributed by atoms with Gasteiger partial charge in [-0.15, -0.1) is 0 Å². The van der Waals surface area contributed by atoms with Gasteiger partial charge in [0.15, 0.2) is 0 Å². The maximum Gasteiger partial charge on any atom is 0.320 e. The first kappa shape index (κ1) is 15.9. The first-order valence-corrected chi connectivity index (χ1v) is 6.58. The minimum Gasteiger partial charge on any atom is -0.481 e. The number of carboxylic acid groups (broad SMARTS) is 1. The van der Waals surface area contributed by atoms with Gasteiger partial charge in [0.05, 0.1) is 6.42 Å². The summed E-state index contributed by atoms with van der Waals surface area (Å²) in [5, 5.41) is 8.82. The number of urea groups is 1. The molecule has 1 aromatic heterocycles. The molecule has 0 fully saturated rings. The maximum atomic E-state index is 12.3. The van der Waals surface area contributed by atoms with E-state index in [1.165, 1.54) is 0 Å². The molecular formula is C14H21N3O3. The van der Waals surface area contributed by atoms with Gasteiger partial charge in [-0.3, -0.25) is 9.78 Å². The highest BCUT2D eigenvalue weighted by Gasteiger charge is 2.23. The third-order valence-electron chi connectivity index (χ3n) is 3.06. The molecule has 6 heteroatoms. The first-order chi connectivity index (χ1) is 9.45. The van der Waals surface area contributed by atoms with Crippen molar-refractivity contribution in [3.8, 4) is 0 Å². The van der Waals surface area contributed by atoms with E-state index in [9.17, 15) is 9.59 Å². The average molecular weight is 279 g/mol. The Morgan fingerprint density at radius 1 is 1.45 bits per heavy atom. The summed E-state index contributed by atoms with van der Waals surface area (Å²) in [6.45, 7) is 4.51. The van der Waals surface area contributed by atoms with E-state index in [0.29, 0.717) is 13.1 Å². The Bertz CT molecular complexity index is 450. The Hall–Kier alpha value is -2.11. The molecular weight excluding hydrogens is 258 g/mol. The Labute approximate surface area is 119 Å². The summed E-state index contributed by atoms with van der Waals surface area (Å²) in [7, 11) is 1.70. The van der Waals surface area contributed by atoms with E-state index in [-0.39, 0.29) is 18.5 Å². The second-order valence-electron chi connectivity index (χ2n) is 4.73. The van der Waals surface area contributed by atoms with Crippen molar-refractivity contribution in [2.24, 2.45) is 0 Å². The molecule has 0 aliphatic heterocycles. The number of nitrogens with zero attached hydrogens (tertiary/aromatic N) is 3. The van der Waals surface area contributed by atoms with Crippen LogP contribution < -0.4 is 0 Å². The fourth-order valence-electron chi connectivity index (χ4n) is 2.05. The van der Waals surface area contributed by atoms with Gasteiger partial charge in [-0.25, -0.2) is 4.79 Å². The van der Waals surface area contributed by atoms with Crippen molar-refractivity contribution in [3.63, 3.8) is 0 Å². The number of carbonyl (C=O) groups excluding carboxylic acids is 1. The lowest BCUT2D eigenvalue weighted by atomic mass is 10.2. The van der Waals surface area contributed by atoms with Gasteiger partial charge in [0.25, 0.3) is 0 Å². The third-order valence-corrected chi connectivity index (χ3v) is 3.06. The molecule has 0 spiro atoms. The number of hydrogen-bond acceptors (Lipinski definition) is 3. The summed E-state index contributed by atoms with van der Waals surface area (Å²) >= 11 is 0. The lowest BCUT2D eigenvalue weighted by Crippen LogP contribution is -2.46. The quantitative estimate of drug-likeness (QED) is 0.862. The normalized spacial score (nSPS) is 11.8. The SMILES string of the molecule is CCN(C(=O)N(C)Cc1cccnc1)C(C)CC(=O)O. The van der Waals surface area contributed by atoms with Gasteiger partial charge in [-0.2, -0.15) is 0 Å². The van der Waals surface area contributed by atoms with E-state index in [4.69, 9.17) is 5.11 Å². The fourth-order valence-corrected chi connectivity index (χ4v) is 2.05. The molecule has 1 unspecified atom stereocenters. The summed E-state index contributed by atoms with van der Waals surface area (Å²) in [6, 6.07) is 3.21. The maximum absolute atomic E-state index is 12.3. The van der Waals surface area contributed by atoms with Crippen LogP contribution in [0.5, 0.6) is 0 Å². The Kier molecular flexibility index (Phi) is 5.96. The third kappa shape index (κ3) is 4.53. The molecule has 1 atom stereocenters. The molecule has 0 bridgehead atoms. The van der Waals surface area contributed by atoms with Crippen molar-refractivity contribution in [2.45, 2.75) is 32.9 Å². The molecule has 0 aromatic carbocycles. The molecule has 1 rings (SSSR count). The average Bonchev–Trinajstić information content (AvgIpc) is 2.39. The first-order valence-electron chi connectivity index (χ1n) is 6.58. The fraction of sp³-hybridized carbons (Fsp3) is 0.500. The molecule has 0 saturated heterocycles. The van der Waals surface area contributed by atoms with Gasteiger partial charge < -0.3 is 14.9 Å². The van der Waals surface area contributed by atoms with Crippen LogP contribution in [0.3, 0.4) is 0 Å². The Morgan fingerprint density at radius 3 is 2.65 bits per heavy atom. The summed E-state index contributed by atoms with van der Waals surface area (Å²) < 4.78 is 0. The number of hydrogen-bond donors (Lipinski definition) is 1. The number of rotatable bonds is 6. The van der Waals surface area contributed by atoms with Crippen molar-refractivity contribution in [2.75, 3.05) is 13.6 Å². The van der Waals surface area contributed by atoms with Crippen molar-refractivity contribution >= 4 is 12.0 Å². The highest BCUT2D eigenvalue weighted by Crippen LogP contribution is 2.10. The molecule has 110 valence electrons. The summed E-state index contributed by atoms with van der Waals surface area (Å²) in [6.07, 6.45) is 3.33. The summed E-state index contributed by atoms with van der Waals surface area (Å²) in [4.78, 5) is 30.2. The van der Waals surface area contributed by atoms with E-state index in [1.807, 2.05) is 19.1 Å². The predicted octanol–water partition coefficient (Wildman–Crippen LogP) is 1.82. The molecule has 0 radical (unpaired) electrons. The van der Waals surface area contributed by atoms with Crippen molar-refractivity contribution in [1.82, 2.24) is 14.8 Å². The van der Waals surface area contributed by atoms with E-state index >= 15 is 0 Å². The second kappa shape index (κ2) is 7.47. The van der Waals surface area contributed by atoms with Crippen LogP contribution in [-0.2, 0) is 11.3 Å².